The van der Waals surface area contributed by atoms with Crippen LogP contribution in [-0.2, 0) is 13.2 Å². The second-order valence-electron chi connectivity index (χ2n) is 5.07. The van der Waals surface area contributed by atoms with Crippen molar-refractivity contribution >= 4 is 11.3 Å². The number of hydrogen-bond acceptors (Lipinski definition) is 4. The molecule has 1 aliphatic rings. The standard InChI is InChI=1S/C16H20N2OS/c1-2-17-10-14-16(12-8-9-12)18-15(20-14)11-19-13-6-4-3-5-7-13/h3-7,12,17H,2,8-11H2,1H3. The van der Waals surface area contributed by atoms with Gasteiger partial charge in [0.2, 0.25) is 0 Å². The Morgan fingerprint density at radius 2 is 2.10 bits per heavy atom. The van der Waals surface area contributed by atoms with Crippen molar-refractivity contribution in [2.75, 3.05) is 6.54 Å². The maximum atomic E-state index is 5.79. The Morgan fingerprint density at radius 3 is 2.80 bits per heavy atom. The molecule has 1 saturated carbocycles. The maximum absolute atomic E-state index is 5.79. The normalized spacial score (nSPS) is 14.4. The number of hydrogen-bond donors (Lipinski definition) is 1. The van der Waals surface area contributed by atoms with Crippen molar-refractivity contribution < 1.29 is 4.74 Å². The molecule has 0 aliphatic heterocycles. The molecule has 1 aliphatic carbocycles. The van der Waals surface area contributed by atoms with Gasteiger partial charge >= 0.3 is 0 Å². The predicted octanol–water partition coefficient (Wildman–Crippen LogP) is 3.71. The summed E-state index contributed by atoms with van der Waals surface area (Å²) in [7, 11) is 0. The summed E-state index contributed by atoms with van der Waals surface area (Å²) in [6.45, 7) is 4.64. The molecule has 0 atom stereocenters. The number of aromatic nitrogens is 1. The average Bonchev–Trinajstić information content (AvgIpc) is 3.25. The lowest BCUT2D eigenvalue weighted by Gasteiger charge is -2.02. The monoisotopic (exact) mass is 288 g/mol. The van der Waals surface area contributed by atoms with E-state index in [-0.39, 0.29) is 0 Å². The zero-order valence-electron chi connectivity index (χ0n) is 11.8. The van der Waals surface area contributed by atoms with Crippen LogP contribution in [0.2, 0.25) is 0 Å². The molecule has 0 amide bonds. The van der Waals surface area contributed by atoms with E-state index >= 15 is 0 Å². The molecule has 2 aromatic rings. The lowest BCUT2D eigenvalue weighted by Crippen LogP contribution is -2.11. The highest BCUT2D eigenvalue weighted by Crippen LogP contribution is 2.42. The van der Waals surface area contributed by atoms with Gasteiger partial charge in [0.1, 0.15) is 17.4 Å². The third-order valence-electron chi connectivity index (χ3n) is 3.38. The fourth-order valence-electron chi connectivity index (χ4n) is 2.18. The zero-order valence-corrected chi connectivity index (χ0v) is 12.6. The van der Waals surface area contributed by atoms with Gasteiger partial charge in [-0.25, -0.2) is 4.98 Å². The van der Waals surface area contributed by atoms with Crippen LogP contribution in [0.25, 0.3) is 0 Å². The van der Waals surface area contributed by atoms with Gasteiger partial charge in [-0.1, -0.05) is 25.1 Å². The molecule has 0 spiro atoms. The Kier molecular flexibility index (Phi) is 4.33. The number of nitrogens with one attached hydrogen (secondary N) is 1. The van der Waals surface area contributed by atoms with Crippen molar-refractivity contribution in [1.29, 1.82) is 0 Å². The molecule has 3 rings (SSSR count). The van der Waals surface area contributed by atoms with Crippen LogP contribution in [0.5, 0.6) is 5.75 Å². The first-order valence-electron chi connectivity index (χ1n) is 7.24. The fraction of sp³-hybridized carbons (Fsp3) is 0.438. The first kappa shape index (κ1) is 13.6. The predicted molar refractivity (Wildman–Crippen MR) is 82.2 cm³/mol. The molecule has 1 aromatic heterocycles. The molecule has 1 N–H and O–H groups in total. The number of rotatable bonds is 7. The molecule has 20 heavy (non-hydrogen) atoms. The van der Waals surface area contributed by atoms with Crippen molar-refractivity contribution in [2.45, 2.75) is 38.8 Å². The quantitative estimate of drug-likeness (QED) is 0.843. The molecule has 4 heteroatoms. The van der Waals surface area contributed by atoms with Crippen molar-refractivity contribution in [3.63, 3.8) is 0 Å². The molecule has 1 heterocycles. The van der Waals surface area contributed by atoms with E-state index in [1.165, 1.54) is 23.4 Å². The number of ether oxygens (including phenoxy) is 1. The van der Waals surface area contributed by atoms with E-state index in [2.05, 4.69) is 12.2 Å². The maximum Gasteiger partial charge on any atom is 0.140 e. The van der Waals surface area contributed by atoms with Crippen LogP contribution in [0.1, 0.15) is 41.3 Å². The van der Waals surface area contributed by atoms with Crippen LogP contribution in [-0.4, -0.2) is 11.5 Å². The lowest BCUT2D eigenvalue weighted by atomic mass is 10.2. The number of benzene rings is 1. The number of para-hydroxylation sites is 1. The topological polar surface area (TPSA) is 34.1 Å². The average molecular weight is 288 g/mol. The largest absolute Gasteiger partial charge is 0.486 e. The van der Waals surface area contributed by atoms with Gasteiger partial charge in [0, 0.05) is 17.3 Å². The highest BCUT2D eigenvalue weighted by molar-refractivity contribution is 7.11. The van der Waals surface area contributed by atoms with Crippen molar-refractivity contribution in [3.8, 4) is 5.75 Å². The van der Waals surface area contributed by atoms with Crippen molar-refractivity contribution in [2.24, 2.45) is 0 Å². The van der Waals surface area contributed by atoms with E-state index in [9.17, 15) is 0 Å². The summed E-state index contributed by atoms with van der Waals surface area (Å²) in [5, 5.41) is 4.49. The molecule has 0 radical (unpaired) electrons. The number of thiazole rings is 1. The van der Waals surface area contributed by atoms with E-state index in [0.717, 1.165) is 23.8 Å². The minimum atomic E-state index is 0.570. The summed E-state index contributed by atoms with van der Waals surface area (Å²) < 4.78 is 5.79. The Hall–Kier alpha value is -1.39. The third-order valence-corrected chi connectivity index (χ3v) is 4.42. The second kappa shape index (κ2) is 6.37. The molecule has 0 saturated heterocycles. The summed E-state index contributed by atoms with van der Waals surface area (Å²) in [4.78, 5) is 6.18. The summed E-state index contributed by atoms with van der Waals surface area (Å²) in [5.41, 5.74) is 1.31. The van der Waals surface area contributed by atoms with Gasteiger partial charge in [-0.2, -0.15) is 0 Å². The molecule has 106 valence electrons. The molecular formula is C16H20N2OS. The molecule has 1 aromatic carbocycles. The van der Waals surface area contributed by atoms with Gasteiger partial charge in [0.25, 0.3) is 0 Å². The van der Waals surface area contributed by atoms with E-state index in [1.54, 1.807) is 11.3 Å². The molecule has 1 fully saturated rings. The van der Waals surface area contributed by atoms with E-state index in [4.69, 9.17) is 9.72 Å². The van der Waals surface area contributed by atoms with Crippen LogP contribution in [0.15, 0.2) is 30.3 Å². The Morgan fingerprint density at radius 1 is 1.30 bits per heavy atom. The molecular weight excluding hydrogens is 268 g/mol. The van der Waals surface area contributed by atoms with Gasteiger partial charge in [-0.3, -0.25) is 0 Å². The van der Waals surface area contributed by atoms with Crippen molar-refractivity contribution in [1.82, 2.24) is 10.3 Å². The van der Waals surface area contributed by atoms with E-state index < -0.39 is 0 Å². The van der Waals surface area contributed by atoms with E-state index in [1.807, 2.05) is 30.3 Å². The van der Waals surface area contributed by atoms with Gasteiger partial charge in [-0.15, -0.1) is 11.3 Å². The van der Waals surface area contributed by atoms with Crippen LogP contribution in [0.4, 0.5) is 0 Å². The Bertz CT molecular complexity index is 549. The van der Waals surface area contributed by atoms with Gasteiger partial charge in [-0.05, 0) is 31.5 Å². The Balaban J connectivity index is 1.67. The SMILES string of the molecule is CCNCc1sc(COc2ccccc2)nc1C1CC1. The van der Waals surface area contributed by atoms with E-state index in [0.29, 0.717) is 12.5 Å². The highest BCUT2D eigenvalue weighted by Gasteiger charge is 2.29. The smallest absolute Gasteiger partial charge is 0.140 e. The summed E-state index contributed by atoms with van der Waals surface area (Å²) in [6.07, 6.45) is 2.59. The lowest BCUT2D eigenvalue weighted by molar-refractivity contribution is 0.305. The summed E-state index contributed by atoms with van der Waals surface area (Å²) in [5.74, 6) is 1.61. The Labute approximate surface area is 124 Å². The van der Waals surface area contributed by atoms with Gasteiger partial charge in [0.05, 0.1) is 5.69 Å². The number of nitrogens with zero attached hydrogens (tertiary/aromatic N) is 1. The van der Waals surface area contributed by atoms with Crippen LogP contribution in [0.3, 0.4) is 0 Å². The molecule has 3 nitrogen and oxygen atoms in total. The summed E-state index contributed by atoms with van der Waals surface area (Å²) in [6, 6.07) is 9.94. The first-order chi connectivity index (χ1) is 9.86. The van der Waals surface area contributed by atoms with Gasteiger partial charge in [0.15, 0.2) is 0 Å². The second-order valence-corrected chi connectivity index (χ2v) is 6.24. The van der Waals surface area contributed by atoms with Crippen molar-refractivity contribution in [3.05, 3.63) is 45.9 Å². The molecule has 0 bridgehead atoms. The minimum absolute atomic E-state index is 0.570. The fourth-order valence-corrected chi connectivity index (χ4v) is 3.22. The van der Waals surface area contributed by atoms with Gasteiger partial charge < -0.3 is 10.1 Å². The van der Waals surface area contributed by atoms with Crippen LogP contribution in [0, 0.1) is 0 Å². The zero-order chi connectivity index (χ0) is 13.8. The highest BCUT2D eigenvalue weighted by atomic mass is 32.1. The summed E-state index contributed by atoms with van der Waals surface area (Å²) >= 11 is 1.79. The first-order valence-corrected chi connectivity index (χ1v) is 8.05. The van der Waals surface area contributed by atoms with Crippen LogP contribution < -0.4 is 10.1 Å². The third kappa shape index (κ3) is 3.38. The molecule has 0 unspecified atom stereocenters. The van der Waals surface area contributed by atoms with Crippen LogP contribution >= 0.6 is 11.3 Å². The minimum Gasteiger partial charge on any atom is -0.486 e.